The average Bonchev–Trinajstić information content (AvgIpc) is 2.56. The van der Waals surface area contributed by atoms with Gasteiger partial charge in [-0.15, -0.1) is 0 Å². The van der Waals surface area contributed by atoms with Gasteiger partial charge in [0.2, 0.25) is 5.91 Å². The van der Waals surface area contributed by atoms with Crippen molar-refractivity contribution in [2.75, 3.05) is 5.32 Å². The summed E-state index contributed by atoms with van der Waals surface area (Å²) in [5.74, 6) is -0.976. The van der Waals surface area contributed by atoms with Gasteiger partial charge in [-0.3, -0.25) is 9.59 Å². The monoisotopic (exact) mass is 346 g/mol. The van der Waals surface area contributed by atoms with Crippen molar-refractivity contribution in [2.24, 2.45) is 5.73 Å². The van der Waals surface area contributed by atoms with Crippen molar-refractivity contribution in [3.05, 3.63) is 63.9 Å². The number of nitrogens with one attached hydrogen (secondary N) is 1. The number of benzene rings is 2. The molecule has 0 aromatic heterocycles. The highest BCUT2D eigenvalue weighted by Crippen LogP contribution is 2.44. The summed E-state index contributed by atoms with van der Waals surface area (Å²) in [6.07, 6.45) is 1.10. The van der Waals surface area contributed by atoms with Crippen LogP contribution in [0.2, 0.25) is 5.02 Å². The summed E-state index contributed by atoms with van der Waals surface area (Å²) in [4.78, 5) is 23.2. The molecule has 1 aliphatic heterocycles. The number of hydrogen-bond acceptors (Lipinski definition) is 3. The van der Waals surface area contributed by atoms with Crippen molar-refractivity contribution >= 4 is 29.5 Å². The molecule has 2 aromatic carbocycles. The Kier molecular flexibility index (Phi) is 4.05. The second kappa shape index (κ2) is 5.91. The van der Waals surface area contributed by atoms with Crippen LogP contribution < -0.4 is 11.1 Å². The highest BCUT2D eigenvalue weighted by Gasteiger charge is 2.42. The molecule has 2 aromatic rings. The number of carbonyl (C=O) groups excluding carboxylic acids is 2. The molecule has 4 nitrogen and oxygen atoms in total. The largest absolute Gasteiger partial charge is 0.378 e. The molecule has 24 heavy (non-hydrogen) atoms. The smallest absolute Gasteiger partial charge is 0.227 e. The number of aldehydes is 1. The molecular weight excluding hydrogens is 331 g/mol. The molecule has 1 aliphatic rings. The van der Waals surface area contributed by atoms with E-state index in [9.17, 15) is 14.0 Å². The number of rotatable bonds is 3. The summed E-state index contributed by atoms with van der Waals surface area (Å²) in [5.41, 5.74) is 7.35. The van der Waals surface area contributed by atoms with Gasteiger partial charge in [0.1, 0.15) is 12.1 Å². The zero-order valence-electron chi connectivity index (χ0n) is 13.0. The number of carbonyl (C=O) groups is 2. The fourth-order valence-electron chi connectivity index (χ4n) is 3.14. The van der Waals surface area contributed by atoms with Crippen molar-refractivity contribution in [2.45, 2.75) is 24.8 Å². The van der Waals surface area contributed by atoms with Gasteiger partial charge in [-0.25, -0.2) is 4.39 Å². The Morgan fingerprint density at radius 1 is 1.38 bits per heavy atom. The third kappa shape index (κ3) is 2.65. The predicted octanol–water partition coefficient (Wildman–Crippen LogP) is 3.59. The Bertz CT molecular complexity index is 840. The zero-order chi connectivity index (χ0) is 17.5. The minimum Gasteiger partial charge on any atom is -0.378 e. The van der Waals surface area contributed by atoms with E-state index in [0.29, 0.717) is 17.5 Å². The highest BCUT2D eigenvalue weighted by atomic mass is 35.5. The van der Waals surface area contributed by atoms with E-state index in [0.717, 1.165) is 17.5 Å². The molecule has 0 fully saturated rings. The molecule has 1 amide bonds. The lowest BCUT2D eigenvalue weighted by atomic mass is 9.71. The van der Waals surface area contributed by atoms with Crippen LogP contribution in [0.4, 0.5) is 10.1 Å². The van der Waals surface area contributed by atoms with E-state index >= 15 is 0 Å². The van der Waals surface area contributed by atoms with Gasteiger partial charge >= 0.3 is 0 Å². The van der Waals surface area contributed by atoms with Crippen LogP contribution >= 0.6 is 11.6 Å². The maximum atomic E-state index is 13.4. The Morgan fingerprint density at radius 2 is 2.12 bits per heavy atom. The Labute approximate surface area is 143 Å². The average molecular weight is 347 g/mol. The van der Waals surface area contributed by atoms with Gasteiger partial charge < -0.3 is 11.1 Å². The van der Waals surface area contributed by atoms with Crippen LogP contribution in [-0.4, -0.2) is 12.2 Å². The van der Waals surface area contributed by atoms with Crippen molar-refractivity contribution in [3.63, 3.8) is 0 Å². The van der Waals surface area contributed by atoms with E-state index in [4.69, 9.17) is 17.3 Å². The van der Waals surface area contributed by atoms with Gasteiger partial charge in [-0.05, 0) is 54.8 Å². The van der Waals surface area contributed by atoms with Crippen molar-refractivity contribution in [1.29, 1.82) is 0 Å². The van der Waals surface area contributed by atoms with Gasteiger partial charge in [-0.2, -0.15) is 0 Å². The van der Waals surface area contributed by atoms with Crippen LogP contribution in [0.25, 0.3) is 0 Å². The molecule has 2 unspecified atom stereocenters. The summed E-state index contributed by atoms with van der Waals surface area (Å²) in [5, 5.41) is 3.34. The Hall–Kier alpha value is -2.40. The quantitative estimate of drug-likeness (QED) is 0.834. The first-order valence-corrected chi connectivity index (χ1v) is 7.84. The standard InChI is InChI=1S/C18H16ClFN2O2/c1-18(17(21)24)8-16(11-3-4-14(20)13(19)7-11)22-15-5-2-10(9-23)6-12(15)18/h2-7,9,16,22H,8H2,1H3,(H2,21,24). The summed E-state index contributed by atoms with van der Waals surface area (Å²) >= 11 is 5.87. The number of anilines is 1. The second-order valence-electron chi connectivity index (χ2n) is 6.19. The summed E-state index contributed by atoms with van der Waals surface area (Å²) in [6, 6.07) is 9.30. The molecule has 2 atom stereocenters. The lowest BCUT2D eigenvalue weighted by molar-refractivity contribution is -0.123. The van der Waals surface area contributed by atoms with Crippen LogP contribution in [0.3, 0.4) is 0 Å². The number of amides is 1. The molecule has 0 spiro atoms. The van der Waals surface area contributed by atoms with Gasteiger partial charge in [0.15, 0.2) is 0 Å². The van der Waals surface area contributed by atoms with E-state index in [1.54, 1.807) is 37.3 Å². The number of primary amides is 1. The van der Waals surface area contributed by atoms with E-state index < -0.39 is 17.1 Å². The Balaban J connectivity index is 2.09. The van der Waals surface area contributed by atoms with Gasteiger partial charge in [0.05, 0.1) is 16.5 Å². The first-order chi connectivity index (χ1) is 11.3. The van der Waals surface area contributed by atoms with Crippen LogP contribution in [0.1, 0.15) is 40.9 Å². The van der Waals surface area contributed by atoms with E-state index in [2.05, 4.69) is 5.32 Å². The summed E-state index contributed by atoms with van der Waals surface area (Å²) in [6.45, 7) is 1.75. The number of fused-ring (bicyclic) bond motifs is 1. The molecule has 0 aliphatic carbocycles. The predicted molar refractivity (Wildman–Crippen MR) is 90.8 cm³/mol. The molecule has 3 N–H and O–H groups in total. The third-order valence-corrected chi connectivity index (χ3v) is 4.90. The van der Waals surface area contributed by atoms with Crippen LogP contribution in [0.5, 0.6) is 0 Å². The van der Waals surface area contributed by atoms with Crippen LogP contribution in [0.15, 0.2) is 36.4 Å². The van der Waals surface area contributed by atoms with E-state index in [-0.39, 0.29) is 11.1 Å². The molecular formula is C18H16ClFN2O2. The lowest BCUT2D eigenvalue weighted by Crippen LogP contribution is -2.44. The molecule has 0 saturated heterocycles. The number of halogens is 2. The summed E-state index contributed by atoms with van der Waals surface area (Å²) in [7, 11) is 0. The van der Waals surface area contributed by atoms with Crippen LogP contribution in [0, 0.1) is 5.82 Å². The van der Waals surface area contributed by atoms with Gasteiger partial charge in [-0.1, -0.05) is 17.7 Å². The molecule has 0 saturated carbocycles. The maximum absolute atomic E-state index is 13.4. The SMILES string of the molecule is CC1(C(N)=O)CC(c2ccc(F)c(Cl)c2)Nc2ccc(C=O)cc21. The van der Waals surface area contributed by atoms with Crippen molar-refractivity contribution in [3.8, 4) is 0 Å². The topological polar surface area (TPSA) is 72.2 Å². The molecule has 0 radical (unpaired) electrons. The molecule has 124 valence electrons. The normalized spacial score (nSPS) is 22.4. The van der Waals surface area contributed by atoms with Gasteiger partial charge in [0, 0.05) is 11.3 Å². The molecule has 6 heteroatoms. The first-order valence-electron chi connectivity index (χ1n) is 7.46. The molecule has 1 heterocycles. The van der Waals surface area contributed by atoms with E-state index in [1.165, 1.54) is 6.07 Å². The fraction of sp³-hybridized carbons (Fsp3) is 0.222. The lowest BCUT2D eigenvalue weighted by Gasteiger charge is -2.39. The minimum atomic E-state index is -0.953. The van der Waals surface area contributed by atoms with E-state index in [1.807, 2.05) is 0 Å². The third-order valence-electron chi connectivity index (χ3n) is 4.61. The molecule has 0 bridgehead atoms. The summed E-state index contributed by atoms with van der Waals surface area (Å²) < 4.78 is 13.4. The molecule has 3 rings (SSSR count). The Morgan fingerprint density at radius 3 is 2.75 bits per heavy atom. The number of hydrogen-bond donors (Lipinski definition) is 2. The fourth-order valence-corrected chi connectivity index (χ4v) is 3.33. The highest BCUT2D eigenvalue weighted by molar-refractivity contribution is 6.30. The van der Waals surface area contributed by atoms with Crippen molar-refractivity contribution < 1.29 is 14.0 Å². The maximum Gasteiger partial charge on any atom is 0.227 e. The minimum absolute atomic E-state index is 0.0252. The zero-order valence-corrected chi connectivity index (χ0v) is 13.7. The van der Waals surface area contributed by atoms with Gasteiger partial charge in [0.25, 0.3) is 0 Å². The second-order valence-corrected chi connectivity index (χ2v) is 6.60. The van der Waals surface area contributed by atoms with Crippen LogP contribution in [-0.2, 0) is 10.2 Å². The van der Waals surface area contributed by atoms with Crippen molar-refractivity contribution in [1.82, 2.24) is 0 Å². The first kappa shape index (κ1) is 16.5. The number of nitrogens with two attached hydrogens (primary N) is 1.